The first-order valence-corrected chi connectivity index (χ1v) is 9.03. The maximum atomic E-state index is 11.1. The van der Waals surface area contributed by atoms with Gasteiger partial charge >= 0.3 is 0 Å². The summed E-state index contributed by atoms with van der Waals surface area (Å²) >= 11 is 0. The fourth-order valence-electron chi connectivity index (χ4n) is 2.23. The molecule has 4 heteroatoms. The van der Waals surface area contributed by atoms with Crippen molar-refractivity contribution in [2.75, 3.05) is 12.0 Å². The van der Waals surface area contributed by atoms with Crippen LogP contribution < -0.4 is 0 Å². The van der Waals surface area contributed by atoms with E-state index in [0.717, 1.165) is 16.7 Å². The van der Waals surface area contributed by atoms with E-state index in [0.29, 0.717) is 12.8 Å². The molecule has 0 aliphatic rings. The molecular formula is C17H20O3S. The molecule has 0 spiro atoms. The third-order valence-corrected chi connectivity index (χ3v) is 4.43. The molecule has 112 valence electrons. The maximum absolute atomic E-state index is 11.1. The van der Waals surface area contributed by atoms with Crippen LogP contribution in [0.2, 0.25) is 0 Å². The van der Waals surface area contributed by atoms with Crippen molar-refractivity contribution in [3.63, 3.8) is 0 Å². The monoisotopic (exact) mass is 304 g/mol. The van der Waals surface area contributed by atoms with Crippen LogP contribution in [0.3, 0.4) is 0 Å². The lowest BCUT2D eigenvalue weighted by molar-refractivity contribution is 0.167. The summed E-state index contributed by atoms with van der Waals surface area (Å²) < 4.78 is 22.1. The van der Waals surface area contributed by atoms with Gasteiger partial charge in [0.1, 0.15) is 9.84 Å². The predicted octanol–water partition coefficient (Wildman–Crippen LogP) is 3.21. The predicted molar refractivity (Wildman–Crippen MR) is 85.8 cm³/mol. The van der Waals surface area contributed by atoms with Crippen LogP contribution >= 0.6 is 0 Å². The van der Waals surface area contributed by atoms with Crippen LogP contribution in [-0.4, -0.2) is 25.5 Å². The summed E-state index contributed by atoms with van der Waals surface area (Å²) in [7, 11) is -2.96. The highest BCUT2D eigenvalue weighted by Crippen LogP contribution is 2.23. The van der Waals surface area contributed by atoms with Crippen molar-refractivity contribution < 1.29 is 13.5 Å². The number of rotatable bonds is 6. The Labute approximate surface area is 126 Å². The van der Waals surface area contributed by atoms with Crippen molar-refractivity contribution in [3.05, 3.63) is 60.2 Å². The van der Waals surface area contributed by atoms with Crippen molar-refractivity contribution in [1.82, 2.24) is 0 Å². The second-order valence-corrected chi connectivity index (χ2v) is 7.54. The summed E-state index contributed by atoms with van der Waals surface area (Å²) in [6.07, 6.45) is 1.53. The normalized spacial score (nSPS) is 13.0. The molecule has 0 aliphatic carbocycles. The van der Waals surface area contributed by atoms with E-state index in [-0.39, 0.29) is 5.75 Å². The van der Waals surface area contributed by atoms with Crippen LogP contribution in [0.1, 0.15) is 24.5 Å². The first-order valence-electron chi connectivity index (χ1n) is 6.97. The van der Waals surface area contributed by atoms with Crippen LogP contribution in [0.5, 0.6) is 0 Å². The van der Waals surface area contributed by atoms with Crippen molar-refractivity contribution in [3.8, 4) is 11.1 Å². The highest BCUT2D eigenvalue weighted by molar-refractivity contribution is 7.90. The third kappa shape index (κ3) is 4.99. The lowest BCUT2D eigenvalue weighted by Gasteiger charge is -2.11. The van der Waals surface area contributed by atoms with Gasteiger partial charge in [0.15, 0.2) is 0 Å². The summed E-state index contributed by atoms with van der Waals surface area (Å²) in [5.41, 5.74) is 3.06. The van der Waals surface area contributed by atoms with Gasteiger partial charge in [0, 0.05) is 12.0 Å². The Morgan fingerprint density at radius 1 is 0.952 bits per heavy atom. The molecule has 2 aromatic carbocycles. The minimum absolute atomic E-state index is 0.117. The van der Waals surface area contributed by atoms with E-state index in [1.54, 1.807) is 0 Å². The van der Waals surface area contributed by atoms with Crippen LogP contribution in [0.15, 0.2) is 54.6 Å². The standard InChI is InChI=1S/C17H20O3S/c1-21(19,20)13-5-8-17(18)16-11-9-15(10-12-16)14-6-3-2-4-7-14/h2-4,6-7,9-12,17-18H,5,8,13H2,1H3. The van der Waals surface area contributed by atoms with Crippen molar-refractivity contribution in [2.24, 2.45) is 0 Å². The molecule has 1 atom stereocenters. The van der Waals surface area contributed by atoms with E-state index >= 15 is 0 Å². The zero-order valence-corrected chi connectivity index (χ0v) is 12.9. The van der Waals surface area contributed by atoms with Gasteiger partial charge in [0.2, 0.25) is 0 Å². The van der Waals surface area contributed by atoms with Gasteiger partial charge in [-0.05, 0) is 29.5 Å². The lowest BCUT2D eigenvalue weighted by atomic mass is 10.0. The van der Waals surface area contributed by atoms with Crippen LogP contribution in [0.25, 0.3) is 11.1 Å². The Balaban J connectivity index is 1.99. The van der Waals surface area contributed by atoms with Gasteiger partial charge in [-0.2, -0.15) is 0 Å². The van der Waals surface area contributed by atoms with Crippen molar-refractivity contribution in [1.29, 1.82) is 0 Å². The molecule has 1 N–H and O–H groups in total. The molecule has 2 rings (SSSR count). The fourth-order valence-corrected chi connectivity index (χ4v) is 2.92. The summed E-state index contributed by atoms with van der Waals surface area (Å²) in [5, 5.41) is 10.1. The van der Waals surface area contributed by atoms with E-state index < -0.39 is 15.9 Å². The molecule has 0 aliphatic heterocycles. The molecule has 0 amide bonds. The molecule has 0 bridgehead atoms. The quantitative estimate of drug-likeness (QED) is 0.891. The molecule has 0 heterocycles. The van der Waals surface area contributed by atoms with Gasteiger partial charge in [-0.3, -0.25) is 0 Å². The van der Waals surface area contributed by atoms with Crippen molar-refractivity contribution in [2.45, 2.75) is 18.9 Å². The fraction of sp³-hybridized carbons (Fsp3) is 0.294. The van der Waals surface area contributed by atoms with E-state index in [4.69, 9.17) is 0 Å². The molecule has 3 nitrogen and oxygen atoms in total. The third-order valence-electron chi connectivity index (χ3n) is 3.40. The van der Waals surface area contributed by atoms with Gasteiger partial charge in [0.25, 0.3) is 0 Å². The van der Waals surface area contributed by atoms with Gasteiger partial charge in [-0.15, -0.1) is 0 Å². The molecule has 21 heavy (non-hydrogen) atoms. The van der Waals surface area contributed by atoms with E-state index in [1.165, 1.54) is 6.26 Å². The zero-order chi connectivity index (χ0) is 15.3. The number of hydrogen-bond donors (Lipinski definition) is 1. The summed E-state index contributed by atoms with van der Waals surface area (Å²) in [5.74, 6) is 0.117. The summed E-state index contributed by atoms with van der Waals surface area (Å²) in [4.78, 5) is 0. The Morgan fingerprint density at radius 2 is 1.52 bits per heavy atom. The topological polar surface area (TPSA) is 54.4 Å². The molecule has 0 saturated heterocycles. The smallest absolute Gasteiger partial charge is 0.147 e. The SMILES string of the molecule is CS(=O)(=O)CCCC(O)c1ccc(-c2ccccc2)cc1. The molecule has 2 aromatic rings. The second-order valence-electron chi connectivity index (χ2n) is 5.28. The Morgan fingerprint density at radius 3 is 2.10 bits per heavy atom. The lowest BCUT2D eigenvalue weighted by Crippen LogP contribution is -2.05. The number of sulfone groups is 1. The largest absolute Gasteiger partial charge is 0.388 e. The van der Waals surface area contributed by atoms with E-state index in [2.05, 4.69) is 0 Å². The van der Waals surface area contributed by atoms with Gasteiger partial charge in [0.05, 0.1) is 6.10 Å². The highest BCUT2D eigenvalue weighted by Gasteiger charge is 2.10. The Hall–Kier alpha value is -1.65. The van der Waals surface area contributed by atoms with Gasteiger partial charge in [-0.1, -0.05) is 54.6 Å². The minimum Gasteiger partial charge on any atom is -0.388 e. The van der Waals surface area contributed by atoms with E-state index in [1.807, 2.05) is 54.6 Å². The minimum atomic E-state index is -2.96. The highest BCUT2D eigenvalue weighted by atomic mass is 32.2. The first kappa shape index (κ1) is 15.7. The molecule has 0 saturated carbocycles. The van der Waals surface area contributed by atoms with Crippen molar-refractivity contribution >= 4 is 9.84 Å². The number of aliphatic hydroxyl groups excluding tert-OH is 1. The Kier molecular flexibility index (Phi) is 5.15. The van der Waals surface area contributed by atoms with Crippen LogP contribution in [0.4, 0.5) is 0 Å². The zero-order valence-electron chi connectivity index (χ0n) is 12.1. The summed E-state index contributed by atoms with van der Waals surface area (Å²) in [6, 6.07) is 17.8. The first-order chi connectivity index (χ1) is 9.96. The molecular weight excluding hydrogens is 284 g/mol. The maximum Gasteiger partial charge on any atom is 0.147 e. The Bertz CT molecular complexity index is 661. The number of aliphatic hydroxyl groups is 1. The molecule has 1 unspecified atom stereocenters. The van der Waals surface area contributed by atoms with Gasteiger partial charge in [-0.25, -0.2) is 8.42 Å². The molecule has 0 radical (unpaired) electrons. The van der Waals surface area contributed by atoms with Crippen LogP contribution in [-0.2, 0) is 9.84 Å². The average molecular weight is 304 g/mol. The average Bonchev–Trinajstić information content (AvgIpc) is 2.47. The number of benzene rings is 2. The molecule has 0 aromatic heterocycles. The van der Waals surface area contributed by atoms with Gasteiger partial charge < -0.3 is 5.11 Å². The number of hydrogen-bond acceptors (Lipinski definition) is 3. The second kappa shape index (κ2) is 6.87. The van der Waals surface area contributed by atoms with Crippen LogP contribution in [0, 0.1) is 0 Å². The van der Waals surface area contributed by atoms with E-state index in [9.17, 15) is 13.5 Å². The summed E-state index contributed by atoms with van der Waals surface area (Å²) in [6.45, 7) is 0. The molecule has 0 fully saturated rings.